The zero-order chi connectivity index (χ0) is 26.3. The van der Waals surface area contributed by atoms with Crippen molar-refractivity contribution in [2.24, 2.45) is 11.8 Å². The number of carbonyl (C=O) groups excluding carboxylic acids is 2. The second kappa shape index (κ2) is 9.69. The van der Waals surface area contributed by atoms with E-state index in [1.165, 1.54) is 13.8 Å². The van der Waals surface area contributed by atoms with Gasteiger partial charge in [-0.3, -0.25) is 9.59 Å². The van der Waals surface area contributed by atoms with Crippen LogP contribution in [-0.4, -0.2) is 59.2 Å². The van der Waals surface area contributed by atoms with E-state index >= 15 is 0 Å². The Morgan fingerprint density at radius 3 is 1.68 bits per heavy atom. The summed E-state index contributed by atoms with van der Waals surface area (Å²) in [6, 6.07) is 2.82. The lowest BCUT2D eigenvalue weighted by Crippen LogP contribution is -2.81. The van der Waals surface area contributed by atoms with E-state index in [0.29, 0.717) is 5.32 Å². The number of carbonyl (C=O) groups is 2. The SMILES string of the molecule is CCOC(=O)[C@@H]1C(c2ccc(Cl)cc2Cl)[C@@H](C(=O)OCC)[C@](O)(C(F)(F)F)N[C@]1(O)C(F)(F)F. The number of piperidine rings is 1. The van der Waals surface area contributed by atoms with Crippen LogP contribution in [0.15, 0.2) is 18.2 Å². The fourth-order valence-electron chi connectivity index (χ4n) is 3.88. The zero-order valence-corrected chi connectivity index (χ0v) is 18.9. The number of hydrogen-bond donors (Lipinski definition) is 3. The molecule has 0 bridgehead atoms. The summed E-state index contributed by atoms with van der Waals surface area (Å²) < 4.78 is 93.6. The largest absolute Gasteiger partial charge is 0.466 e. The molecule has 1 aliphatic rings. The van der Waals surface area contributed by atoms with Crippen molar-refractivity contribution >= 4 is 35.1 Å². The first-order valence-electron chi connectivity index (χ1n) is 9.62. The molecule has 2 rings (SSSR count). The maximum absolute atomic E-state index is 14.1. The Labute approximate surface area is 198 Å². The van der Waals surface area contributed by atoms with Crippen LogP contribution in [0.1, 0.15) is 25.3 Å². The highest BCUT2D eigenvalue weighted by Crippen LogP contribution is 2.56. The first kappa shape index (κ1) is 28.4. The number of alkyl halides is 6. The summed E-state index contributed by atoms with van der Waals surface area (Å²) in [7, 11) is 0. The molecule has 1 aromatic carbocycles. The van der Waals surface area contributed by atoms with E-state index in [9.17, 15) is 46.1 Å². The summed E-state index contributed by atoms with van der Waals surface area (Å²) in [4.78, 5) is 25.4. The van der Waals surface area contributed by atoms with Crippen LogP contribution in [0.4, 0.5) is 26.3 Å². The summed E-state index contributed by atoms with van der Waals surface area (Å²) in [5.41, 5.74) is -10.1. The van der Waals surface area contributed by atoms with E-state index in [2.05, 4.69) is 9.47 Å². The lowest BCUT2D eigenvalue weighted by molar-refractivity contribution is -0.376. The highest BCUT2D eigenvalue weighted by molar-refractivity contribution is 6.35. The van der Waals surface area contributed by atoms with Crippen molar-refractivity contribution in [2.45, 2.75) is 43.6 Å². The second-order valence-corrected chi connectivity index (χ2v) is 8.15. The molecule has 15 heteroatoms. The standard InChI is InChI=1S/C19H19Cl2F6NO6/c1-3-33-14(29)12-11(9-6-5-8(20)7-10(9)21)13(15(30)34-4-2)17(32,19(25,26)27)28-16(12,31)18(22,23)24/h5-7,11-13,28,31-32H,3-4H2,1-2H3/t11?,12-,13-,16-,17+/m0/s1. The van der Waals surface area contributed by atoms with Gasteiger partial charge in [0.15, 0.2) is 0 Å². The molecule has 1 aromatic rings. The number of benzene rings is 1. The molecule has 7 nitrogen and oxygen atoms in total. The fourth-order valence-corrected chi connectivity index (χ4v) is 4.42. The van der Waals surface area contributed by atoms with E-state index in [-0.39, 0.29) is 5.02 Å². The summed E-state index contributed by atoms with van der Waals surface area (Å²) in [5.74, 6) is -12.1. The van der Waals surface area contributed by atoms with Gasteiger partial charge in [0.25, 0.3) is 0 Å². The summed E-state index contributed by atoms with van der Waals surface area (Å²) in [5, 5.41) is 21.2. The van der Waals surface area contributed by atoms with E-state index in [0.717, 1.165) is 18.2 Å². The van der Waals surface area contributed by atoms with Crippen LogP contribution >= 0.6 is 23.2 Å². The van der Waals surface area contributed by atoms with Gasteiger partial charge in [-0.2, -0.15) is 26.3 Å². The van der Waals surface area contributed by atoms with Crippen molar-refractivity contribution in [1.29, 1.82) is 0 Å². The minimum Gasteiger partial charge on any atom is -0.466 e. The molecule has 0 radical (unpaired) electrons. The smallest absolute Gasteiger partial charge is 0.432 e. The molecule has 3 N–H and O–H groups in total. The van der Waals surface area contributed by atoms with Gasteiger partial charge >= 0.3 is 24.3 Å². The van der Waals surface area contributed by atoms with Crippen LogP contribution in [-0.2, 0) is 19.1 Å². The van der Waals surface area contributed by atoms with Crippen molar-refractivity contribution in [2.75, 3.05) is 13.2 Å². The minimum atomic E-state index is -5.99. The highest BCUT2D eigenvalue weighted by atomic mass is 35.5. The molecule has 1 aliphatic heterocycles. The van der Waals surface area contributed by atoms with Crippen LogP contribution in [0.2, 0.25) is 10.0 Å². The molecule has 0 spiro atoms. The Morgan fingerprint density at radius 2 is 1.35 bits per heavy atom. The van der Waals surface area contributed by atoms with Crippen LogP contribution < -0.4 is 5.32 Å². The Kier molecular flexibility index (Phi) is 8.10. The topological polar surface area (TPSA) is 105 Å². The maximum atomic E-state index is 14.1. The number of esters is 2. The lowest BCUT2D eigenvalue weighted by Gasteiger charge is -2.54. The first-order valence-corrected chi connectivity index (χ1v) is 10.4. The van der Waals surface area contributed by atoms with Gasteiger partial charge in [0.1, 0.15) is 11.8 Å². The fraction of sp³-hybridized carbons (Fsp3) is 0.579. The Hall–Kier alpha value is -1.80. The molecule has 0 saturated carbocycles. The Bertz CT molecular complexity index is 897. The molecule has 34 heavy (non-hydrogen) atoms. The van der Waals surface area contributed by atoms with Crippen molar-refractivity contribution in [3.63, 3.8) is 0 Å². The number of hydrogen-bond acceptors (Lipinski definition) is 7. The summed E-state index contributed by atoms with van der Waals surface area (Å²) >= 11 is 11.8. The van der Waals surface area contributed by atoms with E-state index in [1.807, 2.05) is 0 Å². The van der Waals surface area contributed by atoms with E-state index < -0.39 is 77.3 Å². The molecule has 5 atom stereocenters. The number of rotatable bonds is 5. The Balaban J connectivity index is 3.02. The third-order valence-electron chi connectivity index (χ3n) is 5.27. The van der Waals surface area contributed by atoms with Crippen LogP contribution in [0.25, 0.3) is 0 Å². The monoisotopic (exact) mass is 541 g/mol. The van der Waals surface area contributed by atoms with Gasteiger partial charge < -0.3 is 19.7 Å². The number of halogens is 8. The molecule has 0 amide bonds. The van der Waals surface area contributed by atoms with Gasteiger partial charge in [-0.15, -0.1) is 0 Å². The zero-order valence-electron chi connectivity index (χ0n) is 17.4. The predicted octanol–water partition coefficient (Wildman–Crippen LogP) is 3.54. The third kappa shape index (κ3) is 4.81. The second-order valence-electron chi connectivity index (χ2n) is 7.30. The van der Waals surface area contributed by atoms with Crippen LogP contribution in [0, 0.1) is 11.8 Å². The van der Waals surface area contributed by atoms with Gasteiger partial charge in [-0.05, 0) is 31.5 Å². The molecule has 0 aliphatic carbocycles. The number of aliphatic hydroxyl groups is 2. The van der Waals surface area contributed by atoms with E-state index in [4.69, 9.17) is 23.2 Å². The highest BCUT2D eigenvalue weighted by Gasteiger charge is 2.78. The molecule has 1 fully saturated rings. The van der Waals surface area contributed by atoms with Gasteiger partial charge in [0.2, 0.25) is 11.4 Å². The molecule has 1 saturated heterocycles. The lowest BCUT2D eigenvalue weighted by atomic mass is 9.64. The average molecular weight is 542 g/mol. The number of nitrogens with one attached hydrogen (secondary N) is 1. The van der Waals surface area contributed by atoms with Crippen molar-refractivity contribution in [1.82, 2.24) is 5.32 Å². The molecular formula is C19H19Cl2F6NO6. The van der Waals surface area contributed by atoms with Gasteiger partial charge in [0, 0.05) is 16.0 Å². The summed E-state index contributed by atoms with van der Waals surface area (Å²) in [6.45, 7) is 1.33. The van der Waals surface area contributed by atoms with Crippen molar-refractivity contribution in [3.05, 3.63) is 33.8 Å². The van der Waals surface area contributed by atoms with Crippen LogP contribution in [0.3, 0.4) is 0 Å². The van der Waals surface area contributed by atoms with E-state index in [1.54, 1.807) is 0 Å². The van der Waals surface area contributed by atoms with Crippen LogP contribution in [0.5, 0.6) is 0 Å². The minimum absolute atomic E-state index is 0.0831. The molecule has 0 aromatic heterocycles. The quantitative estimate of drug-likeness (QED) is 0.387. The summed E-state index contributed by atoms with van der Waals surface area (Å²) in [6.07, 6.45) is -12.0. The Morgan fingerprint density at radius 1 is 0.941 bits per heavy atom. The van der Waals surface area contributed by atoms with Crippen molar-refractivity contribution < 1.29 is 55.6 Å². The third-order valence-corrected chi connectivity index (χ3v) is 5.83. The molecule has 1 unspecified atom stereocenters. The van der Waals surface area contributed by atoms with Gasteiger partial charge in [-0.1, -0.05) is 29.3 Å². The normalized spacial score (nSPS) is 30.1. The maximum Gasteiger partial charge on any atom is 0.432 e. The van der Waals surface area contributed by atoms with Gasteiger partial charge in [0.05, 0.1) is 13.2 Å². The average Bonchev–Trinajstić information content (AvgIpc) is 2.66. The van der Waals surface area contributed by atoms with Crippen molar-refractivity contribution in [3.8, 4) is 0 Å². The van der Waals surface area contributed by atoms with Gasteiger partial charge in [-0.25, -0.2) is 5.32 Å². The molecule has 192 valence electrons. The molecule has 1 heterocycles. The first-order chi connectivity index (χ1) is 15.5. The molecular weight excluding hydrogens is 523 g/mol. The number of ether oxygens (including phenoxy) is 2. The predicted molar refractivity (Wildman–Crippen MR) is 105 cm³/mol.